The van der Waals surface area contributed by atoms with Crippen LogP contribution in [0, 0.1) is 0 Å². The van der Waals surface area contributed by atoms with Gasteiger partial charge in [0.05, 0.1) is 13.2 Å². The topological polar surface area (TPSA) is 79.2 Å². The molecule has 0 aliphatic carbocycles. The van der Waals surface area contributed by atoms with Gasteiger partial charge in [-0.1, -0.05) is 0 Å². The average Bonchev–Trinajstić information content (AvgIpc) is 1.88. The number of rotatable bonds is 0. The Morgan fingerprint density at radius 2 is 1.55 bits per heavy atom. The van der Waals surface area contributed by atoms with E-state index >= 15 is 0 Å². The van der Waals surface area contributed by atoms with Crippen LogP contribution in [0.1, 0.15) is 6.42 Å². The molecule has 0 bridgehead atoms. The van der Waals surface area contributed by atoms with Crippen LogP contribution in [0.5, 0.6) is 0 Å². The summed E-state index contributed by atoms with van der Waals surface area (Å²) in [6.07, 6.45) is 1.06. The molecule has 1 fully saturated rings. The summed E-state index contributed by atoms with van der Waals surface area (Å²) in [7, 11) is 0.302. The van der Waals surface area contributed by atoms with E-state index < -0.39 is 6.72 Å². The monoisotopic (exact) mass is 220 g/mol. The van der Waals surface area contributed by atoms with Crippen molar-refractivity contribution in [3.05, 3.63) is 0 Å². The van der Waals surface area contributed by atoms with Crippen LogP contribution in [-0.2, 0) is 20.9 Å². The first-order valence-electron chi connectivity index (χ1n) is 2.77. The zero-order valence-electron chi connectivity index (χ0n) is 5.63. The second kappa shape index (κ2) is 6.40. The van der Waals surface area contributed by atoms with Crippen molar-refractivity contribution in [2.45, 2.75) is 6.42 Å². The lowest BCUT2D eigenvalue weighted by Gasteiger charge is -2.08. The highest BCUT2D eigenvalue weighted by Crippen LogP contribution is 2.26. The number of hydrogen-bond donors (Lipinski definition) is 3. The van der Waals surface area contributed by atoms with Crippen molar-refractivity contribution in [2.24, 2.45) is 0 Å². The zero-order chi connectivity index (χ0) is 8.74. The van der Waals surface area contributed by atoms with Gasteiger partial charge in [0.15, 0.2) is 9.03 Å². The van der Waals surface area contributed by atoms with E-state index in [9.17, 15) is 0 Å². The highest BCUT2D eigenvalue weighted by atomic mass is 32.5. The Bertz CT molecular complexity index is 112. The van der Waals surface area contributed by atoms with Gasteiger partial charge in [-0.05, 0) is 18.2 Å². The second-order valence-electron chi connectivity index (χ2n) is 1.65. The minimum Gasteiger partial charge on any atom is -0.336 e. The molecule has 0 amide bonds. The van der Waals surface area contributed by atoms with Crippen molar-refractivity contribution >= 4 is 27.6 Å². The van der Waals surface area contributed by atoms with Gasteiger partial charge < -0.3 is 23.7 Å². The van der Waals surface area contributed by atoms with E-state index in [0.29, 0.717) is 9.03 Å². The molecule has 1 saturated heterocycles. The van der Waals surface area contributed by atoms with Crippen LogP contribution in [-0.4, -0.2) is 27.9 Å². The fourth-order valence-corrected chi connectivity index (χ4v) is 0.867. The maximum atomic E-state index is 7.56. The molecule has 0 radical (unpaired) electrons. The Balaban J connectivity index is 0.000000187. The highest BCUT2D eigenvalue weighted by Gasteiger charge is 1.95. The molecular weight excluding hydrogens is 210 g/mol. The van der Waals surface area contributed by atoms with Crippen molar-refractivity contribution in [3.8, 4) is 0 Å². The van der Waals surface area contributed by atoms with Crippen molar-refractivity contribution in [1.29, 1.82) is 0 Å². The van der Waals surface area contributed by atoms with Gasteiger partial charge in [-0.25, -0.2) is 0 Å². The van der Waals surface area contributed by atoms with Gasteiger partial charge in [0.2, 0.25) is 0 Å². The lowest BCUT2D eigenvalue weighted by molar-refractivity contribution is 0.197. The maximum absolute atomic E-state index is 7.56. The van der Waals surface area contributed by atoms with Crippen LogP contribution in [0.3, 0.4) is 0 Å². The Morgan fingerprint density at radius 1 is 1.18 bits per heavy atom. The Morgan fingerprint density at radius 3 is 1.64 bits per heavy atom. The quantitative estimate of drug-likeness (QED) is 0.503. The fourth-order valence-electron chi connectivity index (χ4n) is 0.328. The van der Waals surface area contributed by atoms with Gasteiger partial charge >= 0.3 is 6.72 Å². The maximum Gasteiger partial charge on any atom is 0.319 e. The molecule has 1 aliphatic rings. The summed E-state index contributed by atoms with van der Waals surface area (Å²) in [6, 6.07) is 0. The molecular formula is C3H10O5P2S. The minimum atomic E-state index is -3.81. The molecule has 0 aromatic heterocycles. The van der Waals surface area contributed by atoms with Gasteiger partial charge in [0.1, 0.15) is 0 Å². The predicted octanol–water partition coefficient (Wildman–Crippen LogP) is 0.120. The summed E-state index contributed by atoms with van der Waals surface area (Å²) in [6.45, 7) is -2.03. The first-order chi connectivity index (χ1) is 5.00. The largest absolute Gasteiger partial charge is 0.336 e. The van der Waals surface area contributed by atoms with Crippen LogP contribution < -0.4 is 0 Å². The van der Waals surface area contributed by atoms with E-state index in [0.717, 1.165) is 19.6 Å². The summed E-state index contributed by atoms with van der Waals surface area (Å²) in [4.78, 5) is 22.7. The predicted molar refractivity (Wildman–Crippen MR) is 45.8 cm³/mol. The minimum absolute atomic E-state index is 0.302. The third-order valence-electron chi connectivity index (χ3n) is 0.611. The molecule has 0 saturated carbocycles. The third kappa shape index (κ3) is 18.1. The van der Waals surface area contributed by atoms with E-state index in [2.05, 4.69) is 11.8 Å². The summed E-state index contributed by atoms with van der Waals surface area (Å²) in [5.74, 6) is 0. The van der Waals surface area contributed by atoms with Crippen molar-refractivity contribution in [2.75, 3.05) is 13.2 Å². The lowest BCUT2D eigenvalue weighted by Crippen LogP contribution is -1.98. The van der Waals surface area contributed by atoms with Gasteiger partial charge in [0.25, 0.3) is 0 Å². The van der Waals surface area contributed by atoms with Gasteiger partial charge in [-0.3, -0.25) is 0 Å². The highest BCUT2D eigenvalue weighted by molar-refractivity contribution is 8.06. The van der Waals surface area contributed by atoms with Crippen LogP contribution in [0.15, 0.2) is 0 Å². The molecule has 8 heteroatoms. The molecule has 1 aliphatic heterocycles. The van der Waals surface area contributed by atoms with Crippen LogP contribution in [0.4, 0.5) is 0 Å². The molecule has 5 nitrogen and oxygen atoms in total. The summed E-state index contributed by atoms with van der Waals surface area (Å²) < 4.78 is 9.75. The molecule has 0 unspecified atom stereocenters. The van der Waals surface area contributed by atoms with E-state index in [1.165, 1.54) is 0 Å². The Kier molecular flexibility index (Phi) is 6.91. The van der Waals surface area contributed by atoms with Crippen molar-refractivity contribution in [1.82, 2.24) is 0 Å². The van der Waals surface area contributed by atoms with E-state index in [1.807, 2.05) is 0 Å². The Hall–Kier alpha value is 0.880. The first kappa shape index (κ1) is 11.9. The SMILES string of the molecule is C1COPOC1.OP(O)(O)=S. The average molecular weight is 220 g/mol. The second-order valence-corrected chi connectivity index (χ2v) is 4.89. The molecule has 68 valence electrons. The van der Waals surface area contributed by atoms with E-state index in [4.69, 9.17) is 23.7 Å². The molecule has 0 spiro atoms. The molecule has 11 heavy (non-hydrogen) atoms. The third-order valence-corrected chi connectivity index (χ3v) is 1.25. The summed E-state index contributed by atoms with van der Waals surface area (Å²) in [5, 5.41) is 0. The summed E-state index contributed by atoms with van der Waals surface area (Å²) in [5.41, 5.74) is 0. The molecule has 1 heterocycles. The van der Waals surface area contributed by atoms with Crippen molar-refractivity contribution < 1.29 is 23.7 Å². The number of hydrogen-bond acceptors (Lipinski definition) is 3. The Labute approximate surface area is 71.5 Å². The summed E-state index contributed by atoms with van der Waals surface area (Å²) >= 11 is 3.60. The molecule has 0 aromatic carbocycles. The standard InChI is InChI=1S/C3H7O2P.H3O3PS/c1-2-4-6-5-3-1;1-4(2,3)5/h6H,1-3H2;(H3,1,2,3,5). The van der Waals surface area contributed by atoms with Gasteiger partial charge in [-0.15, -0.1) is 0 Å². The van der Waals surface area contributed by atoms with Gasteiger partial charge in [-0.2, -0.15) is 0 Å². The smallest absolute Gasteiger partial charge is 0.319 e. The molecule has 0 atom stereocenters. The van der Waals surface area contributed by atoms with Crippen LogP contribution in [0.2, 0.25) is 0 Å². The fraction of sp³-hybridized carbons (Fsp3) is 1.00. The molecule has 0 aromatic rings. The van der Waals surface area contributed by atoms with Crippen molar-refractivity contribution in [3.63, 3.8) is 0 Å². The molecule has 3 N–H and O–H groups in total. The molecule has 1 rings (SSSR count). The van der Waals surface area contributed by atoms with Gasteiger partial charge in [0, 0.05) is 0 Å². The van der Waals surface area contributed by atoms with E-state index in [1.54, 1.807) is 0 Å². The zero-order valence-corrected chi connectivity index (χ0v) is 8.35. The van der Waals surface area contributed by atoms with Crippen LogP contribution in [0.25, 0.3) is 0 Å². The van der Waals surface area contributed by atoms with E-state index in [-0.39, 0.29) is 0 Å². The first-order valence-corrected chi connectivity index (χ1v) is 6.25. The normalized spacial score (nSPS) is 18.5. The van der Waals surface area contributed by atoms with Crippen LogP contribution >= 0.6 is 15.8 Å². The lowest BCUT2D eigenvalue weighted by atomic mass is 10.5.